The first-order valence-corrected chi connectivity index (χ1v) is 31.6. The number of pyridine rings is 2. The average molecular weight is 2030 g/mol. The van der Waals surface area contributed by atoms with Gasteiger partial charge in [0.25, 0.3) is 0 Å². The molecule has 0 unspecified atom stereocenters. The molecule has 0 fully saturated rings. The third-order valence-corrected chi connectivity index (χ3v) is 15.4. The fraction of sp³-hybridized carbons (Fsp3) is 0.154. The van der Waals surface area contributed by atoms with Crippen LogP contribution in [0.2, 0.25) is 0 Å². The second-order valence-corrected chi connectivity index (χ2v) is 25.2. The Balaban J connectivity index is 0.000000155. The van der Waals surface area contributed by atoms with Gasteiger partial charge in [0, 0.05) is 141 Å². The van der Waals surface area contributed by atoms with E-state index in [1.807, 2.05) is 204 Å². The molecule has 10 heterocycles. The largest absolute Gasteiger partial charge is 0.477 e. The SMILES string of the molecule is CC(C)(C)Cc1nc2c(nc1CC(C)(C)C)N(c1ccccc1)[CH-]N2c1[c-]cccc1.Cc1nc2c(nc1C)N(c1ccccc1)[CH-]N2c1[c-]cccc1.[Ir].[Ir].[Ir].[Ir].[c-]1ccccc1N1[CH-]N(c2ccccn2)c2nccnc21.[c-]1ccccc1N1[CH-]N(c2cccnc2)c2nccnc21. The number of aryl methyl sites for hydroxylation is 2. The molecule has 6 aromatic carbocycles. The molecule has 0 aliphatic carbocycles. The first-order chi connectivity index (χ1) is 46.7. The first kappa shape index (κ1) is 75.1. The van der Waals surface area contributed by atoms with Gasteiger partial charge in [-0.15, -0.1) is 49.4 Å². The topological polar surface area (TPSA) is 155 Å². The van der Waals surface area contributed by atoms with E-state index in [9.17, 15) is 0 Å². The second kappa shape index (κ2) is 33.9. The van der Waals surface area contributed by atoms with Crippen LogP contribution in [0.25, 0.3) is 0 Å². The van der Waals surface area contributed by atoms with Crippen LogP contribution in [-0.4, -0.2) is 49.8 Å². The average Bonchev–Trinajstić information content (AvgIpc) is 1.69. The molecule has 22 heteroatoms. The molecule has 4 radical (unpaired) electrons. The summed E-state index contributed by atoms with van der Waals surface area (Å²) in [6, 6.07) is 74.7. The summed E-state index contributed by atoms with van der Waals surface area (Å²) in [5, 5.41) is 0. The standard InChI is InChI=1S/C27H32N4.C19H16N4.2C16H11N5.4Ir/c1-26(2,3)17-22-23(18-27(4,5)6)29-25-24(28-22)30(20-13-9-7-10-14-20)19-31(25)21-15-11-8-12-16-21;1-14-15(2)21-19-18(20-14)22(16-9-5-3-6-10-16)13-23(19)17-11-7-4-8-12-17;1-2-6-13(7-3-1)20-12-21(14-8-4-5-9-17-14)16-15(20)18-10-11-19-16;1-2-5-13(6-3-1)20-12-21(14-7-4-8-17-11-14)16-15(20)18-9-10-19-16;;;;/h7-15,19H,17-18H2,1-6H3;3-11,13H,1-2H3;1-6,8-12H;1-5,7-12H;;;;/q4*-2;;;;. The monoisotopic (exact) mass is 2030 g/mol. The minimum absolute atomic E-state index is 0. The molecule has 0 N–H and O–H groups in total. The Morgan fingerprint density at radius 3 is 1.01 bits per heavy atom. The maximum Gasteiger partial charge on any atom is 0.146 e. The van der Waals surface area contributed by atoms with E-state index in [1.54, 1.807) is 43.4 Å². The summed E-state index contributed by atoms with van der Waals surface area (Å²) in [7, 11) is 0. The molecule has 0 amide bonds. The predicted octanol–water partition coefficient (Wildman–Crippen LogP) is 17.3. The molecular formula is C78H70Ir4N18-8. The van der Waals surface area contributed by atoms with Crippen molar-refractivity contribution >= 4 is 92.2 Å². The van der Waals surface area contributed by atoms with E-state index >= 15 is 0 Å². The molecule has 0 spiro atoms. The molecule has 4 aliphatic rings. The Morgan fingerprint density at radius 2 is 0.640 bits per heavy atom. The van der Waals surface area contributed by atoms with E-state index in [2.05, 4.69) is 160 Å². The summed E-state index contributed by atoms with van der Waals surface area (Å²) in [6.45, 7) is 25.5. The zero-order valence-electron chi connectivity index (χ0n) is 56.0. The van der Waals surface area contributed by atoms with E-state index in [4.69, 9.17) is 19.9 Å². The number of fused-ring (bicyclic) bond motifs is 4. The number of benzene rings is 6. The quantitative estimate of drug-likeness (QED) is 0.119. The van der Waals surface area contributed by atoms with Crippen molar-refractivity contribution in [2.45, 2.75) is 68.2 Å². The van der Waals surface area contributed by atoms with Crippen LogP contribution in [0, 0.1) is 75.6 Å². The zero-order chi connectivity index (χ0) is 66.2. The van der Waals surface area contributed by atoms with Gasteiger partial charge in [-0.05, 0) is 86.1 Å². The Kier molecular flexibility index (Phi) is 25.4. The number of aromatic nitrogens is 10. The fourth-order valence-corrected chi connectivity index (χ4v) is 11.0. The Hall–Kier alpha value is -9.06. The number of para-hydroxylation sites is 6. The van der Waals surface area contributed by atoms with Gasteiger partial charge in [-0.3, -0.25) is 4.98 Å². The van der Waals surface area contributed by atoms with Gasteiger partial charge in [0.1, 0.15) is 52.4 Å². The number of hydrogen-bond acceptors (Lipinski definition) is 18. The van der Waals surface area contributed by atoms with E-state index in [-0.39, 0.29) is 91.3 Å². The van der Waals surface area contributed by atoms with Gasteiger partial charge in [-0.2, -0.15) is 121 Å². The van der Waals surface area contributed by atoms with Gasteiger partial charge in [0.2, 0.25) is 0 Å². The minimum Gasteiger partial charge on any atom is -0.477 e. The fourth-order valence-electron chi connectivity index (χ4n) is 11.0. The van der Waals surface area contributed by atoms with Crippen LogP contribution in [0.15, 0.2) is 231 Å². The van der Waals surface area contributed by atoms with Gasteiger partial charge in [0.15, 0.2) is 0 Å². The van der Waals surface area contributed by atoms with E-state index in [0.717, 1.165) is 128 Å². The summed E-state index contributed by atoms with van der Waals surface area (Å²) in [5.41, 5.74) is 11.1. The van der Waals surface area contributed by atoms with Crippen LogP contribution < -0.4 is 39.2 Å². The second-order valence-electron chi connectivity index (χ2n) is 25.2. The van der Waals surface area contributed by atoms with Gasteiger partial charge in [0.05, 0.1) is 22.8 Å². The van der Waals surface area contributed by atoms with Crippen LogP contribution >= 0.6 is 0 Å². The van der Waals surface area contributed by atoms with Gasteiger partial charge >= 0.3 is 0 Å². The number of rotatable bonds is 10. The van der Waals surface area contributed by atoms with Crippen molar-refractivity contribution in [2.75, 3.05) is 39.2 Å². The molecule has 0 bridgehead atoms. The van der Waals surface area contributed by atoms with Crippen LogP contribution in [0.4, 0.5) is 92.2 Å². The van der Waals surface area contributed by atoms with Gasteiger partial charge in [-0.25, -0.2) is 44.9 Å². The van der Waals surface area contributed by atoms with Crippen molar-refractivity contribution in [1.82, 2.24) is 49.8 Å². The molecule has 16 rings (SSSR count). The molecule has 6 aromatic heterocycles. The van der Waals surface area contributed by atoms with Crippen molar-refractivity contribution in [3.8, 4) is 0 Å². The third kappa shape index (κ3) is 17.4. The van der Waals surface area contributed by atoms with Crippen molar-refractivity contribution in [1.29, 1.82) is 0 Å². The smallest absolute Gasteiger partial charge is 0.146 e. The Morgan fingerprint density at radius 1 is 0.310 bits per heavy atom. The van der Waals surface area contributed by atoms with Crippen molar-refractivity contribution in [3.05, 3.63) is 305 Å². The predicted molar refractivity (Wildman–Crippen MR) is 381 cm³/mol. The van der Waals surface area contributed by atoms with Crippen LogP contribution in [0.5, 0.6) is 0 Å². The molecule has 0 saturated carbocycles. The van der Waals surface area contributed by atoms with E-state index in [1.165, 1.54) is 0 Å². The minimum atomic E-state index is 0. The summed E-state index contributed by atoms with van der Waals surface area (Å²) in [6.07, 6.45) is 13.8. The van der Waals surface area contributed by atoms with Crippen molar-refractivity contribution in [3.63, 3.8) is 0 Å². The zero-order valence-corrected chi connectivity index (χ0v) is 65.6. The van der Waals surface area contributed by atoms with Gasteiger partial charge < -0.3 is 39.2 Å². The van der Waals surface area contributed by atoms with Crippen LogP contribution in [0.3, 0.4) is 0 Å². The molecule has 4 aliphatic heterocycles. The third-order valence-electron chi connectivity index (χ3n) is 15.4. The number of nitrogens with zero attached hydrogens (tertiary/aromatic N) is 18. The van der Waals surface area contributed by atoms with Crippen molar-refractivity contribution < 1.29 is 80.4 Å². The number of anilines is 16. The Labute approximate surface area is 640 Å². The Bertz CT molecular complexity index is 4120. The maximum atomic E-state index is 5.23. The summed E-state index contributed by atoms with van der Waals surface area (Å²) in [5.74, 6) is 7.31. The molecule has 0 atom stereocenters. The van der Waals surface area contributed by atoms with E-state index in [0.29, 0.717) is 0 Å². The molecule has 100 heavy (non-hydrogen) atoms. The molecule has 0 saturated heterocycles. The molecule has 516 valence electrons. The summed E-state index contributed by atoms with van der Waals surface area (Å²) >= 11 is 0. The van der Waals surface area contributed by atoms with Crippen LogP contribution in [0.1, 0.15) is 64.3 Å². The summed E-state index contributed by atoms with van der Waals surface area (Å²) < 4.78 is 0. The van der Waals surface area contributed by atoms with Crippen LogP contribution in [-0.2, 0) is 93.3 Å². The maximum absolute atomic E-state index is 5.23. The number of hydrogen-bond donors (Lipinski definition) is 0. The molecular weight excluding hydrogens is 1960 g/mol. The van der Waals surface area contributed by atoms with Crippen molar-refractivity contribution in [2.24, 2.45) is 10.8 Å². The van der Waals surface area contributed by atoms with E-state index < -0.39 is 0 Å². The first-order valence-electron chi connectivity index (χ1n) is 31.6. The molecule has 12 aromatic rings. The molecule has 18 nitrogen and oxygen atoms in total. The van der Waals surface area contributed by atoms with Gasteiger partial charge in [-0.1, -0.05) is 84.0 Å². The summed E-state index contributed by atoms with van der Waals surface area (Å²) in [4.78, 5) is 62.4. The normalized spacial score (nSPS) is 13.0.